The Morgan fingerprint density at radius 2 is 1.16 bits per heavy atom. The number of aliphatic carboxylic acids is 2. The third-order valence-electron chi connectivity index (χ3n) is 9.09. The van der Waals surface area contributed by atoms with E-state index >= 15 is 0 Å². The van der Waals surface area contributed by atoms with Crippen molar-refractivity contribution in [1.29, 1.82) is 0 Å². The van der Waals surface area contributed by atoms with Gasteiger partial charge < -0.3 is 75.1 Å². The molecule has 0 bridgehead atoms. The van der Waals surface area contributed by atoms with Crippen LogP contribution in [0.2, 0.25) is 0 Å². The molecule has 2 aliphatic rings. The molecule has 17 N–H and O–H groups in total. The number of aliphatic imine (C=N–C) groups is 1. The molecule has 0 aromatic carbocycles. The molecule has 0 aromatic heterocycles. The summed E-state index contributed by atoms with van der Waals surface area (Å²) >= 11 is 0. The molecular formula is C32H52N12O13. The zero-order valence-electron chi connectivity index (χ0n) is 31.1. The van der Waals surface area contributed by atoms with E-state index in [0.717, 1.165) is 9.80 Å². The maximum Gasteiger partial charge on any atom is 0.326 e. The van der Waals surface area contributed by atoms with Gasteiger partial charge in [0.15, 0.2) is 5.96 Å². The van der Waals surface area contributed by atoms with E-state index in [1.807, 2.05) is 0 Å². The number of nitrogens with one attached hydrogen (secondary N) is 4. The fourth-order valence-electron chi connectivity index (χ4n) is 6.29. The van der Waals surface area contributed by atoms with Crippen LogP contribution in [0, 0.1) is 0 Å². The van der Waals surface area contributed by atoms with Crippen LogP contribution >= 0.6 is 0 Å². The van der Waals surface area contributed by atoms with Crippen molar-refractivity contribution in [3.63, 3.8) is 0 Å². The maximum atomic E-state index is 13.9. The van der Waals surface area contributed by atoms with Crippen LogP contribution in [-0.4, -0.2) is 159 Å². The van der Waals surface area contributed by atoms with E-state index in [-0.39, 0.29) is 57.7 Å². The molecule has 318 valence electrons. The highest BCUT2D eigenvalue weighted by molar-refractivity contribution is 5.99. The van der Waals surface area contributed by atoms with Gasteiger partial charge in [0.05, 0.1) is 19.4 Å². The van der Waals surface area contributed by atoms with Gasteiger partial charge in [-0.3, -0.25) is 48.1 Å². The van der Waals surface area contributed by atoms with Crippen LogP contribution < -0.4 is 49.9 Å². The van der Waals surface area contributed by atoms with Gasteiger partial charge in [0.1, 0.15) is 42.3 Å². The number of likely N-dealkylation sites (tertiary alicyclic amines) is 2. The number of carbonyl (C=O) groups excluding carboxylic acids is 8. The molecule has 2 heterocycles. The number of hydrogen-bond acceptors (Lipinski definition) is 13. The highest BCUT2D eigenvalue weighted by atomic mass is 16.4. The molecule has 57 heavy (non-hydrogen) atoms. The third-order valence-corrected chi connectivity index (χ3v) is 9.09. The van der Waals surface area contributed by atoms with Gasteiger partial charge in [0, 0.05) is 26.1 Å². The summed E-state index contributed by atoms with van der Waals surface area (Å²) in [7, 11) is 0. The second kappa shape index (κ2) is 22.4. The smallest absolute Gasteiger partial charge is 0.326 e. The summed E-state index contributed by atoms with van der Waals surface area (Å²) in [6.45, 7) is -0.623. The minimum atomic E-state index is -1.73. The minimum Gasteiger partial charge on any atom is -0.481 e. The SMILES string of the molecule is NC(=O)C[C@H](NC(=O)[C@@H]1CCCN1C(=O)[C@@H](N)CO)C(=O)N[C@@H](CC(N)=O)C(=O)N1CCC[C@H]1C(=O)N[C@@H](CCCN=C(N)N)C(=O)N[C@@H](CCC(=O)O)C(=O)O. The predicted molar refractivity (Wildman–Crippen MR) is 194 cm³/mol. The molecule has 0 unspecified atom stereocenters. The van der Waals surface area contributed by atoms with Crippen molar-refractivity contribution in [2.75, 3.05) is 26.2 Å². The Labute approximate surface area is 325 Å². The van der Waals surface area contributed by atoms with Gasteiger partial charge in [-0.05, 0) is 44.9 Å². The first-order valence-corrected chi connectivity index (χ1v) is 18.0. The fourth-order valence-corrected chi connectivity index (χ4v) is 6.29. The number of aliphatic hydroxyl groups is 1. The first-order valence-electron chi connectivity index (χ1n) is 18.0. The van der Waals surface area contributed by atoms with E-state index in [0.29, 0.717) is 6.42 Å². The van der Waals surface area contributed by atoms with E-state index in [1.54, 1.807) is 0 Å². The van der Waals surface area contributed by atoms with Crippen LogP contribution in [0.4, 0.5) is 0 Å². The standard InChI is InChI=1S/C32H52N12O13/c33-15(14-45)29(54)43-10-2-5-20(43)28(53)41-18(12-22(34)46)26(51)42-19(13-23(35)47)30(55)44-11-3-6-21(44)27(52)39-16(4-1-9-38-32(36)37)25(50)40-17(31(56)57)7-8-24(48)49/h15-21,45H,1-14,33H2,(H2,34,46)(H2,35,47)(H,39,52)(H,40,50)(H,41,53)(H,42,51)(H,48,49)(H,56,57)(H4,36,37,38)/t15-,16-,17-,18-,19-,20-,21-/m0/s1. The Balaban J connectivity index is 2.29. The summed E-state index contributed by atoms with van der Waals surface area (Å²) in [6.07, 6.45) is -1.81. The van der Waals surface area contributed by atoms with Gasteiger partial charge in [-0.15, -0.1) is 0 Å². The monoisotopic (exact) mass is 812 g/mol. The topological polar surface area (TPSA) is 428 Å². The summed E-state index contributed by atoms with van der Waals surface area (Å²) in [6, 6.07) is -10.2. The van der Waals surface area contributed by atoms with Gasteiger partial charge in [-0.1, -0.05) is 0 Å². The molecule has 2 saturated heterocycles. The highest BCUT2D eigenvalue weighted by Gasteiger charge is 2.42. The molecule has 0 aliphatic carbocycles. The number of carboxylic acid groups (broad SMARTS) is 2. The quantitative estimate of drug-likeness (QED) is 0.0259. The van der Waals surface area contributed by atoms with Gasteiger partial charge >= 0.3 is 11.9 Å². The highest BCUT2D eigenvalue weighted by Crippen LogP contribution is 2.21. The lowest BCUT2D eigenvalue weighted by Crippen LogP contribution is -2.60. The number of primary amides is 2. The summed E-state index contributed by atoms with van der Waals surface area (Å²) in [5.74, 6) is -10.7. The summed E-state index contributed by atoms with van der Waals surface area (Å²) in [4.78, 5) is 133. The maximum absolute atomic E-state index is 13.9. The number of nitrogens with zero attached hydrogens (tertiary/aromatic N) is 3. The zero-order valence-corrected chi connectivity index (χ0v) is 31.1. The average Bonchev–Trinajstić information content (AvgIpc) is 3.83. The lowest BCUT2D eigenvalue weighted by Gasteiger charge is -2.31. The van der Waals surface area contributed by atoms with Crippen molar-refractivity contribution in [3.05, 3.63) is 0 Å². The molecule has 2 fully saturated rings. The van der Waals surface area contributed by atoms with Crippen LogP contribution in [0.15, 0.2) is 4.99 Å². The molecule has 2 rings (SSSR count). The van der Waals surface area contributed by atoms with Gasteiger partial charge in [0.25, 0.3) is 0 Å². The van der Waals surface area contributed by atoms with Crippen molar-refractivity contribution in [1.82, 2.24) is 31.1 Å². The van der Waals surface area contributed by atoms with E-state index in [4.69, 9.17) is 33.8 Å². The van der Waals surface area contributed by atoms with Crippen LogP contribution in [0.3, 0.4) is 0 Å². The van der Waals surface area contributed by atoms with Gasteiger partial charge in [0.2, 0.25) is 47.3 Å². The Morgan fingerprint density at radius 1 is 0.667 bits per heavy atom. The van der Waals surface area contributed by atoms with Crippen LogP contribution in [0.25, 0.3) is 0 Å². The normalized spacial score (nSPS) is 18.8. The van der Waals surface area contributed by atoms with Crippen molar-refractivity contribution in [2.24, 2.45) is 33.7 Å². The molecule has 2 aliphatic heterocycles. The molecular weight excluding hydrogens is 760 g/mol. The Kier molecular flexibility index (Phi) is 18.5. The number of nitrogens with two attached hydrogens (primary N) is 5. The molecule has 0 saturated carbocycles. The minimum absolute atomic E-state index is 0.0119. The largest absolute Gasteiger partial charge is 0.481 e. The third kappa shape index (κ3) is 14.8. The van der Waals surface area contributed by atoms with Crippen molar-refractivity contribution < 1.29 is 63.3 Å². The summed E-state index contributed by atoms with van der Waals surface area (Å²) in [5.41, 5.74) is 27.0. The Hall–Kier alpha value is -6.11. The second-order valence-electron chi connectivity index (χ2n) is 13.5. The summed E-state index contributed by atoms with van der Waals surface area (Å²) < 4.78 is 0. The lowest BCUT2D eigenvalue weighted by atomic mass is 10.1. The Morgan fingerprint density at radius 3 is 1.65 bits per heavy atom. The predicted octanol–water partition coefficient (Wildman–Crippen LogP) is -7.02. The lowest BCUT2D eigenvalue weighted by molar-refractivity contribution is -0.144. The molecule has 0 radical (unpaired) electrons. The van der Waals surface area contributed by atoms with E-state index in [2.05, 4.69) is 26.3 Å². The molecule has 7 atom stereocenters. The van der Waals surface area contributed by atoms with Crippen LogP contribution in [0.1, 0.15) is 64.2 Å². The average molecular weight is 813 g/mol. The Bertz CT molecular complexity index is 1570. The number of rotatable bonds is 23. The van der Waals surface area contributed by atoms with E-state index < -0.39 is 134 Å². The zero-order chi connectivity index (χ0) is 43.0. The number of guanidine groups is 1. The number of hydrogen-bond donors (Lipinski definition) is 12. The number of aliphatic hydroxyl groups excluding tert-OH is 1. The second-order valence-corrected chi connectivity index (χ2v) is 13.5. The molecule has 0 aromatic rings. The van der Waals surface area contributed by atoms with Crippen molar-refractivity contribution >= 4 is 65.2 Å². The van der Waals surface area contributed by atoms with Crippen LogP contribution in [0.5, 0.6) is 0 Å². The van der Waals surface area contributed by atoms with E-state index in [9.17, 15) is 58.2 Å². The van der Waals surface area contributed by atoms with Crippen molar-refractivity contribution in [3.8, 4) is 0 Å². The molecule has 0 spiro atoms. The first-order chi connectivity index (χ1) is 26.8. The van der Waals surface area contributed by atoms with Crippen LogP contribution in [-0.2, 0) is 47.9 Å². The number of amides is 8. The fraction of sp³-hybridized carbons (Fsp3) is 0.656. The molecule has 25 heteroatoms. The van der Waals surface area contributed by atoms with Crippen molar-refractivity contribution in [2.45, 2.75) is 107 Å². The number of carbonyl (C=O) groups is 10. The summed E-state index contributed by atoms with van der Waals surface area (Å²) in [5, 5.41) is 37.1. The van der Waals surface area contributed by atoms with Gasteiger partial charge in [-0.2, -0.15) is 0 Å². The van der Waals surface area contributed by atoms with Gasteiger partial charge in [-0.25, -0.2) is 4.79 Å². The molecule has 25 nitrogen and oxygen atoms in total. The number of carboxylic acids is 2. The first kappa shape index (κ1) is 47.0. The molecule has 8 amide bonds. The van der Waals surface area contributed by atoms with E-state index in [1.165, 1.54) is 0 Å².